The van der Waals surface area contributed by atoms with Crippen LogP contribution < -0.4 is 20.9 Å². The van der Waals surface area contributed by atoms with Crippen LogP contribution in [-0.4, -0.2) is 85.4 Å². The van der Waals surface area contributed by atoms with Crippen molar-refractivity contribution in [3.8, 4) is 17.1 Å². The summed E-state index contributed by atoms with van der Waals surface area (Å²) in [6.07, 6.45) is 3.34. The van der Waals surface area contributed by atoms with Gasteiger partial charge in [0.2, 0.25) is 17.7 Å². The third-order valence-electron chi connectivity index (χ3n) is 7.63. The van der Waals surface area contributed by atoms with E-state index in [9.17, 15) is 24.3 Å². The van der Waals surface area contributed by atoms with Gasteiger partial charge in [0.15, 0.2) is 0 Å². The number of hydrogen-bond donors (Lipinski definition) is 3. The molecule has 0 fully saturated rings. The first kappa shape index (κ1) is 31.4. The average molecular weight is 616 g/mol. The molecule has 1 aliphatic heterocycles. The molecule has 0 saturated carbocycles. The number of rotatable bonds is 3. The lowest BCUT2D eigenvalue weighted by molar-refractivity contribution is -0.138. The van der Waals surface area contributed by atoms with Crippen molar-refractivity contribution < 1.29 is 24.2 Å². The molecule has 3 amide bonds. The van der Waals surface area contributed by atoms with Gasteiger partial charge in [-0.3, -0.25) is 19.2 Å². The first-order valence-corrected chi connectivity index (χ1v) is 14.9. The van der Waals surface area contributed by atoms with E-state index in [1.807, 2.05) is 41.1 Å². The Labute approximate surface area is 259 Å². The zero-order valence-corrected chi connectivity index (χ0v) is 25.3. The molecule has 13 heteroatoms. The van der Waals surface area contributed by atoms with E-state index >= 15 is 0 Å². The zero-order valence-electron chi connectivity index (χ0n) is 25.3. The van der Waals surface area contributed by atoms with Crippen LogP contribution >= 0.6 is 0 Å². The van der Waals surface area contributed by atoms with Crippen LogP contribution in [0.3, 0.4) is 0 Å². The molecule has 0 spiro atoms. The monoisotopic (exact) mass is 615 g/mol. The largest absolute Gasteiger partial charge is 0.494 e. The lowest BCUT2D eigenvalue weighted by Crippen LogP contribution is -2.55. The Bertz CT molecular complexity index is 1750. The minimum atomic E-state index is -1.22. The summed E-state index contributed by atoms with van der Waals surface area (Å²) in [6.45, 7) is 3.65. The number of aryl methyl sites for hydroxylation is 2. The Morgan fingerprint density at radius 3 is 2.69 bits per heavy atom. The lowest BCUT2D eigenvalue weighted by Gasteiger charge is -2.25. The molecule has 45 heavy (non-hydrogen) atoms. The molecular weight excluding hydrogens is 578 g/mol. The molecule has 0 aliphatic carbocycles. The number of nitrogens with zero attached hydrogens (tertiary/aromatic N) is 5. The summed E-state index contributed by atoms with van der Waals surface area (Å²) in [5.41, 5.74) is 1.04. The molecule has 236 valence electrons. The predicted molar refractivity (Wildman–Crippen MR) is 166 cm³/mol. The second-order valence-electron chi connectivity index (χ2n) is 11.0. The van der Waals surface area contributed by atoms with Gasteiger partial charge >= 0.3 is 0 Å². The number of aliphatic hydroxyl groups excluding tert-OH is 1. The summed E-state index contributed by atoms with van der Waals surface area (Å²) in [5.74, 6) is -0.293. The van der Waals surface area contributed by atoms with E-state index in [0.29, 0.717) is 48.1 Å². The van der Waals surface area contributed by atoms with Crippen LogP contribution in [0.25, 0.3) is 22.2 Å². The summed E-state index contributed by atoms with van der Waals surface area (Å²) < 4.78 is 9.07. The number of aromatic nitrogens is 4. The van der Waals surface area contributed by atoms with Gasteiger partial charge in [-0.1, -0.05) is 30.3 Å². The number of hydrogen-bond acceptors (Lipinski definition) is 8. The Kier molecular flexibility index (Phi) is 9.88. The topological polar surface area (TPSA) is 161 Å². The van der Waals surface area contributed by atoms with Crippen LogP contribution in [-0.2, 0) is 27.5 Å². The molecule has 2 aromatic heterocycles. The standard InChI is InChI=1S/C32H37N7O6/c1-21-25-10-3-4-11-26(25)32(44)39(36-21)20-28(42)38-15-7-17-45-24-9-5-8-23(18-24)30-33-13-16-37(30)14-6-12-34-31(43)29(22(2)40)35-27(41)19-38/h3-5,8-11,13,16,18,22,29,40H,6-7,12,14-15,17,19-20H2,1-2H3,(H,34,43)(H,35,41)/t22-,29+/m1/s1. The van der Waals surface area contributed by atoms with Gasteiger partial charge in [-0.05, 0) is 44.9 Å². The Balaban J connectivity index is 1.38. The molecule has 5 rings (SSSR count). The fourth-order valence-corrected chi connectivity index (χ4v) is 5.32. The van der Waals surface area contributed by atoms with E-state index in [2.05, 4.69) is 20.7 Å². The number of nitrogens with one attached hydrogen (secondary N) is 2. The van der Waals surface area contributed by atoms with Crippen LogP contribution in [0, 0.1) is 6.92 Å². The van der Waals surface area contributed by atoms with Crippen molar-refractivity contribution >= 4 is 28.5 Å². The van der Waals surface area contributed by atoms with Crippen LogP contribution in [0.1, 0.15) is 25.5 Å². The highest BCUT2D eigenvalue weighted by Gasteiger charge is 2.27. The van der Waals surface area contributed by atoms with Gasteiger partial charge < -0.3 is 29.9 Å². The van der Waals surface area contributed by atoms with Gasteiger partial charge in [-0.15, -0.1) is 0 Å². The van der Waals surface area contributed by atoms with Crippen LogP contribution in [0.4, 0.5) is 0 Å². The molecule has 2 atom stereocenters. The third kappa shape index (κ3) is 7.55. The second-order valence-corrected chi connectivity index (χ2v) is 11.0. The minimum Gasteiger partial charge on any atom is -0.494 e. The fourth-order valence-electron chi connectivity index (χ4n) is 5.32. The summed E-state index contributed by atoms with van der Waals surface area (Å²) in [5, 5.41) is 21.1. The smallest absolute Gasteiger partial charge is 0.275 e. The molecule has 3 N–H and O–H groups in total. The Hall–Kier alpha value is -5.04. The molecule has 2 aromatic carbocycles. The van der Waals surface area contributed by atoms with E-state index in [4.69, 9.17) is 4.74 Å². The molecular formula is C32H37N7O6. The van der Waals surface area contributed by atoms with Crippen molar-refractivity contribution in [3.05, 3.63) is 77.0 Å². The molecule has 3 heterocycles. The van der Waals surface area contributed by atoms with E-state index in [0.717, 1.165) is 16.1 Å². The summed E-state index contributed by atoms with van der Waals surface area (Å²) in [4.78, 5) is 58.6. The fraction of sp³-hybridized carbons (Fsp3) is 0.375. The predicted octanol–water partition coefficient (Wildman–Crippen LogP) is 1.25. The highest BCUT2D eigenvalue weighted by atomic mass is 16.5. The second kappa shape index (κ2) is 14.2. The van der Waals surface area contributed by atoms with Gasteiger partial charge in [0.05, 0.1) is 30.3 Å². The quantitative estimate of drug-likeness (QED) is 0.311. The first-order valence-electron chi connectivity index (χ1n) is 14.9. The van der Waals surface area contributed by atoms with E-state index in [1.54, 1.807) is 31.3 Å². The maximum atomic E-state index is 13.6. The summed E-state index contributed by atoms with van der Waals surface area (Å²) in [6, 6.07) is 13.3. The van der Waals surface area contributed by atoms with Gasteiger partial charge in [0.1, 0.15) is 24.2 Å². The van der Waals surface area contributed by atoms with Crippen LogP contribution in [0.2, 0.25) is 0 Å². The van der Waals surface area contributed by atoms with Crippen molar-refractivity contribution in [1.29, 1.82) is 0 Å². The molecule has 4 aromatic rings. The minimum absolute atomic E-state index is 0.128. The first-order chi connectivity index (χ1) is 21.7. The SMILES string of the molecule is Cc1nn(CC(=O)N2CCCOc3cccc(c3)-c3nccn3CCCNC(=O)[C@H]([C@@H](C)O)NC(=O)C2)c(=O)c2ccccc12. The van der Waals surface area contributed by atoms with Crippen LogP contribution in [0.15, 0.2) is 65.7 Å². The van der Waals surface area contributed by atoms with Crippen molar-refractivity contribution in [1.82, 2.24) is 34.9 Å². The Morgan fingerprint density at radius 1 is 1.09 bits per heavy atom. The number of ether oxygens (including phenoxy) is 1. The average Bonchev–Trinajstić information content (AvgIpc) is 3.50. The maximum Gasteiger partial charge on any atom is 0.275 e. The third-order valence-corrected chi connectivity index (χ3v) is 7.63. The van der Waals surface area contributed by atoms with Crippen molar-refractivity contribution in [2.24, 2.45) is 0 Å². The van der Waals surface area contributed by atoms with Gasteiger partial charge in [0.25, 0.3) is 5.56 Å². The number of carbonyl (C=O) groups excluding carboxylic acids is 3. The molecule has 0 saturated heterocycles. The highest BCUT2D eigenvalue weighted by Crippen LogP contribution is 2.23. The number of amides is 3. The molecule has 0 radical (unpaired) electrons. The number of fused-ring (bicyclic) bond motifs is 5. The molecule has 0 unspecified atom stereocenters. The number of aliphatic hydroxyl groups is 1. The molecule has 13 nitrogen and oxygen atoms in total. The van der Waals surface area contributed by atoms with Crippen LogP contribution in [0.5, 0.6) is 5.75 Å². The number of imidazole rings is 1. The van der Waals surface area contributed by atoms with Crippen molar-refractivity contribution in [2.75, 3.05) is 26.2 Å². The van der Waals surface area contributed by atoms with E-state index < -0.39 is 42.0 Å². The summed E-state index contributed by atoms with van der Waals surface area (Å²) in [7, 11) is 0. The maximum absolute atomic E-state index is 13.6. The van der Waals surface area contributed by atoms with Gasteiger partial charge in [-0.25, -0.2) is 9.67 Å². The van der Waals surface area contributed by atoms with E-state index in [1.165, 1.54) is 11.8 Å². The summed E-state index contributed by atoms with van der Waals surface area (Å²) >= 11 is 0. The molecule has 1 aliphatic rings. The van der Waals surface area contributed by atoms with E-state index in [-0.39, 0.29) is 19.7 Å². The van der Waals surface area contributed by atoms with Gasteiger partial charge in [0, 0.05) is 43.0 Å². The van der Waals surface area contributed by atoms with Crippen molar-refractivity contribution in [2.45, 2.75) is 51.9 Å². The number of carbonyl (C=O) groups is 3. The Morgan fingerprint density at radius 2 is 1.89 bits per heavy atom. The van der Waals surface area contributed by atoms with Crippen molar-refractivity contribution in [3.63, 3.8) is 0 Å². The zero-order chi connectivity index (χ0) is 31.9. The highest BCUT2D eigenvalue weighted by molar-refractivity contribution is 5.90. The molecule has 2 bridgehead atoms. The lowest BCUT2D eigenvalue weighted by atomic mass is 10.1. The van der Waals surface area contributed by atoms with Gasteiger partial charge in [-0.2, -0.15) is 5.10 Å². The normalized spacial score (nSPS) is 17.6. The number of benzene rings is 2.